The topological polar surface area (TPSA) is 58.6 Å². The molecule has 0 aromatic carbocycles. The van der Waals surface area contributed by atoms with Gasteiger partial charge < -0.3 is 9.42 Å². The van der Waals surface area contributed by atoms with Crippen LogP contribution in [0.5, 0.6) is 0 Å². The van der Waals surface area contributed by atoms with Crippen LogP contribution in [0.2, 0.25) is 0 Å². The van der Waals surface area contributed by atoms with Crippen molar-refractivity contribution in [2.45, 2.75) is 26.3 Å². The van der Waals surface area contributed by atoms with Crippen LogP contribution in [-0.2, 0) is 13.6 Å². The molecule has 0 aliphatic carbocycles. The molecular formula is C4H7F3O4P-. The lowest BCUT2D eigenvalue weighted by Gasteiger charge is -2.25. The number of phosphoric ester groups is 1. The highest BCUT2D eigenvalue weighted by atomic mass is 31.2. The number of hydrogen-bond acceptors (Lipinski definition) is 4. The molecule has 0 N–H and O–H groups in total. The Balaban J connectivity index is 4.15. The molecule has 0 bridgehead atoms. The molecule has 0 aromatic rings. The second kappa shape index (κ2) is 3.74. The fraction of sp³-hybridized carbons (Fsp3) is 1.00. The summed E-state index contributed by atoms with van der Waals surface area (Å²) in [7, 11) is -5.25. The first-order valence-corrected chi connectivity index (χ1v) is 4.35. The number of rotatable bonds is 3. The van der Waals surface area contributed by atoms with Gasteiger partial charge in [0.05, 0.1) is 6.10 Å². The molecule has 0 aromatic heterocycles. The third kappa shape index (κ3) is 6.60. The second-order valence-corrected chi connectivity index (χ2v) is 3.43. The van der Waals surface area contributed by atoms with E-state index in [-0.39, 0.29) is 0 Å². The molecule has 0 amide bonds. The SMILES string of the molecule is CC(C)OP(=O)([O-])OC(F)(F)F. The molecule has 8 heteroatoms. The van der Waals surface area contributed by atoms with Crippen LogP contribution < -0.4 is 4.89 Å². The van der Waals surface area contributed by atoms with E-state index in [2.05, 4.69) is 9.05 Å². The van der Waals surface area contributed by atoms with Gasteiger partial charge in [0.2, 0.25) is 0 Å². The summed E-state index contributed by atoms with van der Waals surface area (Å²) in [6, 6.07) is 0. The fourth-order valence-electron chi connectivity index (χ4n) is 0.406. The molecule has 0 fully saturated rings. The molecule has 0 aliphatic heterocycles. The Labute approximate surface area is 66.9 Å². The van der Waals surface area contributed by atoms with E-state index in [1.54, 1.807) is 0 Å². The summed E-state index contributed by atoms with van der Waals surface area (Å²) < 4.78 is 50.9. The Hall–Kier alpha value is -0.100. The predicted octanol–water partition coefficient (Wildman–Crippen LogP) is 1.42. The summed E-state index contributed by atoms with van der Waals surface area (Å²) >= 11 is 0. The standard InChI is InChI=1S/C4H8F3O4P/c1-3(2)10-12(8,9)11-4(5,6)7/h3H,1-2H3,(H,8,9)/p-1. The fourth-order valence-corrected chi connectivity index (χ4v) is 1.22. The lowest BCUT2D eigenvalue weighted by Crippen LogP contribution is -2.20. The number of hydrogen-bond donors (Lipinski definition) is 0. The van der Waals surface area contributed by atoms with Gasteiger partial charge in [-0.05, 0) is 13.8 Å². The molecule has 74 valence electrons. The first-order valence-electron chi connectivity index (χ1n) is 2.89. The number of halogens is 3. The van der Waals surface area contributed by atoms with Crippen LogP contribution in [0.15, 0.2) is 0 Å². The Bertz CT molecular complexity index is 189. The van der Waals surface area contributed by atoms with Gasteiger partial charge in [-0.2, -0.15) is 0 Å². The maximum Gasteiger partial charge on any atom is 0.528 e. The van der Waals surface area contributed by atoms with Crippen molar-refractivity contribution >= 4 is 7.82 Å². The Morgan fingerprint density at radius 1 is 1.42 bits per heavy atom. The highest BCUT2D eigenvalue weighted by molar-refractivity contribution is 7.45. The molecule has 0 aliphatic rings. The van der Waals surface area contributed by atoms with Gasteiger partial charge in [0.25, 0.3) is 7.82 Å². The van der Waals surface area contributed by atoms with E-state index in [1.165, 1.54) is 13.8 Å². The van der Waals surface area contributed by atoms with Crippen molar-refractivity contribution in [3.63, 3.8) is 0 Å². The highest BCUT2D eigenvalue weighted by Gasteiger charge is 2.35. The van der Waals surface area contributed by atoms with E-state index in [0.29, 0.717) is 0 Å². The maximum absolute atomic E-state index is 11.3. The Morgan fingerprint density at radius 3 is 2.08 bits per heavy atom. The normalized spacial score (nSPS) is 17.9. The van der Waals surface area contributed by atoms with Crippen LogP contribution in [0.25, 0.3) is 0 Å². The van der Waals surface area contributed by atoms with E-state index in [1.807, 2.05) is 0 Å². The zero-order valence-corrected chi connectivity index (χ0v) is 7.19. The van der Waals surface area contributed by atoms with Gasteiger partial charge in [0, 0.05) is 0 Å². The summed E-state index contributed by atoms with van der Waals surface area (Å²) in [5.41, 5.74) is 0. The van der Waals surface area contributed by atoms with E-state index in [9.17, 15) is 22.6 Å². The summed E-state index contributed by atoms with van der Waals surface area (Å²) in [6.07, 6.45) is -6.11. The summed E-state index contributed by atoms with van der Waals surface area (Å²) in [5.74, 6) is 0. The van der Waals surface area contributed by atoms with Gasteiger partial charge in [-0.1, -0.05) is 0 Å². The molecule has 0 radical (unpaired) electrons. The summed E-state index contributed by atoms with van der Waals surface area (Å²) in [6.45, 7) is 2.54. The number of phosphoric acid groups is 1. The van der Waals surface area contributed by atoms with Crippen LogP contribution in [0, 0.1) is 0 Å². The highest BCUT2D eigenvalue weighted by Crippen LogP contribution is 2.45. The van der Waals surface area contributed by atoms with Crippen molar-refractivity contribution < 1.29 is 31.7 Å². The van der Waals surface area contributed by atoms with Gasteiger partial charge in [-0.3, -0.25) is 4.57 Å². The lowest BCUT2D eigenvalue weighted by atomic mass is 10.5. The zero-order valence-electron chi connectivity index (χ0n) is 6.29. The van der Waals surface area contributed by atoms with Gasteiger partial charge >= 0.3 is 6.36 Å². The van der Waals surface area contributed by atoms with E-state index < -0.39 is 20.3 Å². The van der Waals surface area contributed by atoms with Crippen LogP contribution in [0.1, 0.15) is 13.8 Å². The van der Waals surface area contributed by atoms with Crippen LogP contribution in [-0.4, -0.2) is 12.5 Å². The molecule has 0 rings (SSSR count). The molecule has 1 unspecified atom stereocenters. The minimum absolute atomic E-state index is 0.879. The first kappa shape index (κ1) is 11.9. The van der Waals surface area contributed by atoms with Crippen molar-refractivity contribution in [1.82, 2.24) is 0 Å². The number of alkyl halides is 3. The average Bonchev–Trinajstić information content (AvgIpc) is 1.48. The largest absolute Gasteiger partial charge is 0.756 e. The summed E-state index contributed by atoms with van der Waals surface area (Å²) in [4.78, 5) is 10.3. The van der Waals surface area contributed by atoms with E-state index in [4.69, 9.17) is 0 Å². The smallest absolute Gasteiger partial charge is 0.528 e. The van der Waals surface area contributed by atoms with Gasteiger partial charge in [-0.25, -0.2) is 4.52 Å². The quantitative estimate of drug-likeness (QED) is 0.656. The molecule has 4 nitrogen and oxygen atoms in total. The Kier molecular flexibility index (Phi) is 3.71. The van der Waals surface area contributed by atoms with E-state index >= 15 is 0 Å². The Morgan fingerprint density at radius 2 is 1.83 bits per heavy atom. The van der Waals surface area contributed by atoms with Gasteiger partial charge in [-0.15, -0.1) is 13.2 Å². The monoisotopic (exact) mass is 207 g/mol. The first-order chi connectivity index (χ1) is 5.12. The van der Waals surface area contributed by atoms with Crippen molar-refractivity contribution in [2.24, 2.45) is 0 Å². The minimum Gasteiger partial charge on any atom is -0.756 e. The van der Waals surface area contributed by atoms with Crippen molar-refractivity contribution in [3.8, 4) is 0 Å². The van der Waals surface area contributed by atoms with E-state index in [0.717, 1.165) is 0 Å². The molecule has 0 saturated heterocycles. The predicted molar refractivity (Wildman–Crippen MR) is 31.0 cm³/mol. The van der Waals surface area contributed by atoms with Gasteiger partial charge in [0.1, 0.15) is 0 Å². The third-order valence-electron chi connectivity index (χ3n) is 0.555. The maximum atomic E-state index is 11.3. The lowest BCUT2D eigenvalue weighted by molar-refractivity contribution is -0.323. The summed E-state index contributed by atoms with van der Waals surface area (Å²) in [5, 5.41) is 0. The molecular weight excluding hydrogens is 200 g/mol. The third-order valence-corrected chi connectivity index (χ3v) is 1.67. The van der Waals surface area contributed by atoms with Crippen LogP contribution >= 0.6 is 7.82 Å². The van der Waals surface area contributed by atoms with Crippen LogP contribution in [0.4, 0.5) is 13.2 Å². The van der Waals surface area contributed by atoms with Crippen LogP contribution in [0.3, 0.4) is 0 Å². The van der Waals surface area contributed by atoms with Crippen molar-refractivity contribution in [3.05, 3.63) is 0 Å². The average molecular weight is 207 g/mol. The second-order valence-electron chi connectivity index (χ2n) is 2.14. The van der Waals surface area contributed by atoms with Crippen molar-refractivity contribution in [2.75, 3.05) is 0 Å². The van der Waals surface area contributed by atoms with Crippen molar-refractivity contribution in [1.29, 1.82) is 0 Å². The van der Waals surface area contributed by atoms with Gasteiger partial charge in [0.15, 0.2) is 0 Å². The molecule has 0 saturated carbocycles. The molecule has 0 spiro atoms. The minimum atomic E-state index is -5.25. The zero-order chi connectivity index (χ0) is 9.99. The molecule has 1 atom stereocenters. The molecule has 0 heterocycles. The molecule has 12 heavy (non-hydrogen) atoms.